The second-order valence-corrected chi connectivity index (χ2v) is 7.99. The molecule has 3 aromatic carbocycles. The molecule has 0 aliphatic heterocycles. The molecule has 0 bridgehead atoms. The molecule has 0 radical (unpaired) electrons. The maximum atomic E-state index is 12.4. The van der Waals surface area contributed by atoms with E-state index in [1.165, 1.54) is 5.56 Å². The number of carbonyl (C=O) groups is 2. The molecule has 31 heavy (non-hydrogen) atoms. The molecule has 0 unspecified atom stereocenters. The Morgan fingerprint density at radius 3 is 1.97 bits per heavy atom. The minimum atomic E-state index is -0.269. The van der Waals surface area contributed by atoms with E-state index in [9.17, 15) is 9.59 Å². The van der Waals surface area contributed by atoms with Crippen LogP contribution in [0, 0.1) is 6.92 Å². The maximum Gasteiger partial charge on any atom is 0.257 e. The van der Waals surface area contributed by atoms with Crippen molar-refractivity contribution >= 4 is 40.5 Å². The standard InChI is InChI=1S/C25H25N3O2S/c1-16(2)18-7-9-19(10-8-18)23(29)28-25(31)27-22-13-11-21(12-14-22)26-24(30)20-6-4-5-17(3)15-20/h4-16H,1-3H3,(H,26,30)(H2,27,28,29,31). The first-order valence-electron chi connectivity index (χ1n) is 10.0. The van der Waals surface area contributed by atoms with Crippen molar-refractivity contribution in [3.05, 3.63) is 95.1 Å². The lowest BCUT2D eigenvalue weighted by atomic mass is 10.0. The number of benzene rings is 3. The van der Waals surface area contributed by atoms with Gasteiger partial charge in [-0.3, -0.25) is 14.9 Å². The molecule has 0 spiro atoms. The van der Waals surface area contributed by atoms with Gasteiger partial charge in [0.1, 0.15) is 0 Å². The van der Waals surface area contributed by atoms with Gasteiger partial charge in [0.25, 0.3) is 11.8 Å². The predicted octanol–water partition coefficient (Wildman–Crippen LogP) is 5.50. The van der Waals surface area contributed by atoms with E-state index in [0.29, 0.717) is 28.4 Å². The van der Waals surface area contributed by atoms with E-state index < -0.39 is 0 Å². The van der Waals surface area contributed by atoms with E-state index in [1.54, 1.807) is 42.5 Å². The van der Waals surface area contributed by atoms with Crippen LogP contribution in [0.2, 0.25) is 0 Å². The van der Waals surface area contributed by atoms with Gasteiger partial charge in [-0.25, -0.2) is 0 Å². The van der Waals surface area contributed by atoms with Crippen LogP contribution in [0.3, 0.4) is 0 Å². The molecule has 2 amide bonds. The summed E-state index contributed by atoms with van der Waals surface area (Å²) in [7, 11) is 0. The van der Waals surface area contributed by atoms with Crippen molar-refractivity contribution in [2.45, 2.75) is 26.7 Å². The van der Waals surface area contributed by atoms with Crippen LogP contribution in [0.15, 0.2) is 72.8 Å². The smallest absolute Gasteiger partial charge is 0.257 e. The van der Waals surface area contributed by atoms with Crippen molar-refractivity contribution in [1.29, 1.82) is 0 Å². The molecule has 5 nitrogen and oxygen atoms in total. The fraction of sp³-hybridized carbons (Fsp3) is 0.160. The van der Waals surface area contributed by atoms with Crippen molar-refractivity contribution in [3.63, 3.8) is 0 Å². The van der Waals surface area contributed by atoms with E-state index in [1.807, 2.05) is 37.3 Å². The minimum Gasteiger partial charge on any atom is -0.332 e. The van der Waals surface area contributed by atoms with E-state index in [2.05, 4.69) is 29.8 Å². The molecule has 0 aliphatic carbocycles. The van der Waals surface area contributed by atoms with Crippen LogP contribution in [-0.4, -0.2) is 16.9 Å². The van der Waals surface area contributed by atoms with Crippen LogP contribution in [-0.2, 0) is 0 Å². The Kier molecular flexibility index (Phi) is 7.15. The molecule has 0 aromatic heterocycles. The summed E-state index contributed by atoms with van der Waals surface area (Å²) in [6.45, 7) is 6.15. The Hall–Kier alpha value is -3.51. The third-order valence-corrected chi connectivity index (χ3v) is 4.95. The SMILES string of the molecule is Cc1cccc(C(=O)Nc2ccc(NC(=S)NC(=O)c3ccc(C(C)C)cc3)cc2)c1. The maximum absolute atomic E-state index is 12.4. The molecular formula is C25H25N3O2S. The summed E-state index contributed by atoms with van der Waals surface area (Å²) in [5.74, 6) is -0.0325. The van der Waals surface area contributed by atoms with Gasteiger partial charge in [0.15, 0.2) is 5.11 Å². The highest BCUT2D eigenvalue weighted by atomic mass is 32.1. The van der Waals surface area contributed by atoms with Gasteiger partial charge in [-0.2, -0.15) is 0 Å². The van der Waals surface area contributed by atoms with Crippen LogP contribution in [0.4, 0.5) is 11.4 Å². The molecule has 3 aromatic rings. The van der Waals surface area contributed by atoms with Gasteiger partial charge < -0.3 is 10.6 Å². The van der Waals surface area contributed by atoms with Gasteiger partial charge in [-0.05, 0) is 79.2 Å². The third-order valence-electron chi connectivity index (χ3n) is 4.75. The zero-order chi connectivity index (χ0) is 22.4. The van der Waals surface area contributed by atoms with Gasteiger partial charge in [0, 0.05) is 22.5 Å². The Balaban J connectivity index is 1.54. The largest absolute Gasteiger partial charge is 0.332 e. The summed E-state index contributed by atoms with van der Waals surface area (Å²) >= 11 is 5.25. The number of aryl methyl sites for hydroxylation is 1. The molecule has 158 valence electrons. The van der Waals surface area contributed by atoms with Gasteiger partial charge in [-0.15, -0.1) is 0 Å². The molecule has 0 fully saturated rings. The van der Waals surface area contributed by atoms with Gasteiger partial charge in [-0.1, -0.05) is 43.7 Å². The summed E-state index contributed by atoms with van der Waals surface area (Å²) in [5, 5.41) is 8.72. The van der Waals surface area contributed by atoms with Gasteiger partial charge in [0.05, 0.1) is 0 Å². The second kappa shape index (κ2) is 10.00. The Bertz CT molecular complexity index is 1090. The Morgan fingerprint density at radius 2 is 1.39 bits per heavy atom. The van der Waals surface area contributed by atoms with E-state index in [0.717, 1.165) is 5.56 Å². The first-order valence-corrected chi connectivity index (χ1v) is 10.4. The number of carbonyl (C=O) groups excluding carboxylic acids is 2. The molecule has 3 rings (SSSR count). The number of thiocarbonyl (C=S) groups is 1. The summed E-state index contributed by atoms with van der Waals surface area (Å²) in [5.41, 5.74) is 4.71. The average molecular weight is 432 g/mol. The van der Waals surface area contributed by atoms with Crippen molar-refractivity contribution in [2.75, 3.05) is 10.6 Å². The summed E-state index contributed by atoms with van der Waals surface area (Å²) in [6, 6.07) is 22.0. The normalized spacial score (nSPS) is 10.5. The zero-order valence-corrected chi connectivity index (χ0v) is 18.5. The third kappa shape index (κ3) is 6.23. The highest BCUT2D eigenvalue weighted by molar-refractivity contribution is 7.80. The summed E-state index contributed by atoms with van der Waals surface area (Å²) in [6.07, 6.45) is 0. The molecule has 3 N–H and O–H groups in total. The molecule has 0 saturated heterocycles. The highest BCUT2D eigenvalue weighted by Gasteiger charge is 2.10. The van der Waals surface area contributed by atoms with Gasteiger partial charge >= 0.3 is 0 Å². The van der Waals surface area contributed by atoms with E-state index >= 15 is 0 Å². The van der Waals surface area contributed by atoms with Crippen molar-refractivity contribution in [1.82, 2.24) is 5.32 Å². The minimum absolute atomic E-state index is 0.171. The molecule has 6 heteroatoms. The van der Waals surface area contributed by atoms with Crippen LogP contribution in [0.25, 0.3) is 0 Å². The van der Waals surface area contributed by atoms with Crippen LogP contribution in [0.1, 0.15) is 51.6 Å². The van der Waals surface area contributed by atoms with Crippen LogP contribution in [0.5, 0.6) is 0 Å². The topological polar surface area (TPSA) is 70.2 Å². The molecule has 0 aliphatic rings. The van der Waals surface area contributed by atoms with Crippen LogP contribution >= 0.6 is 12.2 Å². The second-order valence-electron chi connectivity index (χ2n) is 7.59. The number of nitrogens with one attached hydrogen (secondary N) is 3. The lowest BCUT2D eigenvalue weighted by Crippen LogP contribution is -2.34. The zero-order valence-electron chi connectivity index (χ0n) is 17.7. The molecular weight excluding hydrogens is 406 g/mol. The monoisotopic (exact) mass is 431 g/mol. The van der Waals surface area contributed by atoms with E-state index in [-0.39, 0.29) is 16.9 Å². The lowest BCUT2D eigenvalue weighted by Gasteiger charge is -2.11. The first kappa shape index (κ1) is 22.2. The number of hydrogen-bond donors (Lipinski definition) is 3. The first-order chi connectivity index (χ1) is 14.8. The Labute approximate surface area is 187 Å². The van der Waals surface area contributed by atoms with Crippen molar-refractivity contribution in [2.24, 2.45) is 0 Å². The van der Waals surface area contributed by atoms with Crippen molar-refractivity contribution in [3.8, 4) is 0 Å². The summed E-state index contributed by atoms with van der Waals surface area (Å²) in [4.78, 5) is 24.7. The number of hydrogen-bond acceptors (Lipinski definition) is 3. The molecule has 0 saturated carbocycles. The van der Waals surface area contributed by atoms with Crippen molar-refractivity contribution < 1.29 is 9.59 Å². The number of rotatable bonds is 5. The Morgan fingerprint density at radius 1 is 0.774 bits per heavy atom. The molecule has 0 heterocycles. The number of amides is 2. The predicted molar refractivity (Wildman–Crippen MR) is 130 cm³/mol. The summed E-state index contributed by atoms with van der Waals surface area (Å²) < 4.78 is 0. The average Bonchev–Trinajstić information content (AvgIpc) is 2.75. The van der Waals surface area contributed by atoms with Crippen LogP contribution < -0.4 is 16.0 Å². The molecule has 0 atom stereocenters. The highest BCUT2D eigenvalue weighted by Crippen LogP contribution is 2.16. The lowest BCUT2D eigenvalue weighted by molar-refractivity contribution is 0.0976. The van der Waals surface area contributed by atoms with E-state index in [4.69, 9.17) is 12.2 Å². The fourth-order valence-corrected chi connectivity index (χ4v) is 3.19. The fourth-order valence-electron chi connectivity index (χ4n) is 2.98. The van der Waals surface area contributed by atoms with Gasteiger partial charge in [0.2, 0.25) is 0 Å². The number of anilines is 2. The quantitative estimate of drug-likeness (QED) is 0.467.